The molecule has 0 amide bonds. The number of rotatable bonds is 6. The Bertz CT molecular complexity index is 574. The van der Waals surface area contributed by atoms with Gasteiger partial charge in [0.2, 0.25) is 10.0 Å². The van der Waals surface area contributed by atoms with Crippen molar-refractivity contribution in [1.82, 2.24) is 4.72 Å². The number of nitrogens with one attached hydrogen (secondary N) is 1. The Kier molecular flexibility index (Phi) is 5.33. The molecule has 1 atom stereocenters. The van der Waals surface area contributed by atoms with E-state index < -0.39 is 27.4 Å². The van der Waals surface area contributed by atoms with Gasteiger partial charge in [-0.2, -0.15) is 11.8 Å². The first kappa shape index (κ1) is 15.9. The Balaban J connectivity index is 3.08. The molecule has 0 fully saturated rings. The molecule has 1 aromatic rings. The Hall–Kier alpha value is -1.12. The molecule has 0 aliphatic heterocycles. The molecule has 0 aliphatic rings. The van der Waals surface area contributed by atoms with E-state index >= 15 is 0 Å². The van der Waals surface area contributed by atoms with Crippen LogP contribution in [0.3, 0.4) is 0 Å². The first-order valence-electron chi connectivity index (χ1n) is 5.32. The molecule has 19 heavy (non-hydrogen) atoms. The number of hydrogen-bond donors (Lipinski definition) is 2. The van der Waals surface area contributed by atoms with Crippen molar-refractivity contribution < 1.29 is 22.7 Å². The molecule has 0 spiro atoms. The van der Waals surface area contributed by atoms with Crippen molar-refractivity contribution in [2.75, 3.05) is 12.0 Å². The lowest BCUT2D eigenvalue weighted by Gasteiger charge is -2.13. The summed E-state index contributed by atoms with van der Waals surface area (Å²) in [7, 11) is -3.85. The van der Waals surface area contributed by atoms with Crippen LogP contribution in [0, 0.1) is 5.82 Å². The fourth-order valence-electron chi connectivity index (χ4n) is 1.45. The molecule has 0 aromatic heterocycles. The minimum absolute atomic E-state index is 0.265. The topological polar surface area (TPSA) is 83.5 Å². The number of halogens is 1. The predicted octanol–water partition coefficient (Wildman–Crippen LogP) is 1.55. The third-order valence-corrected chi connectivity index (χ3v) is 4.67. The highest BCUT2D eigenvalue weighted by molar-refractivity contribution is 7.98. The van der Waals surface area contributed by atoms with E-state index in [9.17, 15) is 17.6 Å². The maximum Gasteiger partial charge on any atom is 0.338 e. The maximum absolute atomic E-state index is 13.2. The molecule has 0 radical (unpaired) electrons. The van der Waals surface area contributed by atoms with Crippen LogP contribution in [0.2, 0.25) is 0 Å². The van der Waals surface area contributed by atoms with Gasteiger partial charge < -0.3 is 5.11 Å². The molecule has 1 unspecified atom stereocenters. The molecule has 0 heterocycles. The van der Waals surface area contributed by atoms with Crippen LogP contribution in [-0.4, -0.2) is 37.5 Å². The van der Waals surface area contributed by atoms with Crippen molar-refractivity contribution >= 4 is 27.8 Å². The van der Waals surface area contributed by atoms with Gasteiger partial charge >= 0.3 is 5.97 Å². The second-order valence-electron chi connectivity index (χ2n) is 3.92. The summed E-state index contributed by atoms with van der Waals surface area (Å²) in [4.78, 5) is 10.5. The summed E-state index contributed by atoms with van der Waals surface area (Å²) in [5.41, 5.74) is -0.666. The second-order valence-corrected chi connectivity index (χ2v) is 6.55. The van der Waals surface area contributed by atoms with Gasteiger partial charge in [0.25, 0.3) is 0 Å². The summed E-state index contributed by atoms with van der Waals surface area (Å²) in [6.45, 7) is 1.69. The minimum atomic E-state index is -3.85. The van der Waals surface area contributed by atoms with Crippen molar-refractivity contribution in [2.45, 2.75) is 17.9 Å². The monoisotopic (exact) mass is 307 g/mol. The number of benzene rings is 1. The zero-order chi connectivity index (χ0) is 14.6. The molecule has 1 aromatic carbocycles. The molecule has 2 N–H and O–H groups in total. The number of carbonyl (C=O) groups is 1. The Labute approximate surface area is 115 Å². The van der Waals surface area contributed by atoms with Crippen LogP contribution in [0.4, 0.5) is 4.39 Å². The summed E-state index contributed by atoms with van der Waals surface area (Å²) in [5, 5.41) is 8.76. The zero-order valence-corrected chi connectivity index (χ0v) is 12.0. The molecule has 0 bridgehead atoms. The Morgan fingerprint density at radius 2 is 2.16 bits per heavy atom. The highest BCUT2D eigenvalue weighted by Gasteiger charge is 2.20. The highest BCUT2D eigenvalue weighted by Crippen LogP contribution is 2.16. The van der Waals surface area contributed by atoms with Crippen LogP contribution in [0.5, 0.6) is 0 Å². The average molecular weight is 307 g/mol. The number of sulfonamides is 1. The number of aromatic carboxylic acids is 1. The van der Waals surface area contributed by atoms with E-state index in [-0.39, 0.29) is 10.9 Å². The van der Waals surface area contributed by atoms with Gasteiger partial charge in [0.05, 0.1) is 10.5 Å². The molecule has 0 saturated heterocycles. The van der Waals surface area contributed by atoms with E-state index in [4.69, 9.17) is 5.11 Å². The van der Waals surface area contributed by atoms with Crippen LogP contribution >= 0.6 is 11.8 Å². The highest BCUT2D eigenvalue weighted by atomic mass is 32.2. The molecule has 0 aliphatic carbocycles. The van der Waals surface area contributed by atoms with E-state index in [2.05, 4.69) is 4.72 Å². The standard InChI is InChI=1S/C11H14FNO4S2/c1-7(6-18-2)13-19(16,17)8-3-4-10(12)9(5-8)11(14)15/h3-5,7,13H,6H2,1-2H3,(H,14,15). The largest absolute Gasteiger partial charge is 0.478 e. The normalized spacial score (nSPS) is 13.2. The summed E-state index contributed by atoms with van der Waals surface area (Å²) in [6.07, 6.45) is 1.84. The minimum Gasteiger partial charge on any atom is -0.478 e. The lowest BCUT2D eigenvalue weighted by atomic mass is 10.2. The number of thioether (sulfide) groups is 1. The van der Waals surface area contributed by atoms with Crippen LogP contribution in [-0.2, 0) is 10.0 Å². The average Bonchev–Trinajstić information content (AvgIpc) is 2.28. The Morgan fingerprint density at radius 3 is 2.68 bits per heavy atom. The van der Waals surface area contributed by atoms with Crippen molar-refractivity contribution in [3.05, 3.63) is 29.6 Å². The molecular formula is C11H14FNO4S2. The molecule has 1 rings (SSSR count). The van der Waals surface area contributed by atoms with E-state index in [1.807, 2.05) is 6.26 Å². The lowest BCUT2D eigenvalue weighted by molar-refractivity contribution is 0.0691. The summed E-state index contributed by atoms with van der Waals surface area (Å²) < 4.78 is 39.5. The van der Waals surface area contributed by atoms with Crippen LogP contribution in [0.1, 0.15) is 17.3 Å². The zero-order valence-electron chi connectivity index (χ0n) is 10.4. The predicted molar refractivity (Wildman–Crippen MR) is 71.5 cm³/mol. The first-order chi connectivity index (χ1) is 8.77. The van der Waals surface area contributed by atoms with E-state index in [1.165, 1.54) is 11.8 Å². The second kappa shape index (κ2) is 6.36. The number of carboxylic acids is 1. The van der Waals surface area contributed by atoms with Crippen LogP contribution in [0.25, 0.3) is 0 Å². The van der Waals surface area contributed by atoms with E-state index in [0.29, 0.717) is 5.75 Å². The fraction of sp³-hybridized carbons (Fsp3) is 0.364. The van der Waals surface area contributed by atoms with Crippen molar-refractivity contribution in [3.63, 3.8) is 0 Å². The van der Waals surface area contributed by atoms with Gasteiger partial charge in [-0.3, -0.25) is 0 Å². The summed E-state index contributed by atoms with van der Waals surface area (Å²) in [6, 6.07) is 2.37. The van der Waals surface area contributed by atoms with E-state index in [0.717, 1.165) is 18.2 Å². The molecule has 5 nitrogen and oxygen atoms in total. The summed E-state index contributed by atoms with van der Waals surface area (Å²) in [5.74, 6) is -1.90. The molecular weight excluding hydrogens is 293 g/mol. The maximum atomic E-state index is 13.2. The van der Waals surface area contributed by atoms with Gasteiger partial charge in [0, 0.05) is 11.8 Å². The third-order valence-electron chi connectivity index (χ3n) is 2.25. The van der Waals surface area contributed by atoms with Gasteiger partial charge in [-0.25, -0.2) is 22.3 Å². The van der Waals surface area contributed by atoms with E-state index in [1.54, 1.807) is 6.92 Å². The van der Waals surface area contributed by atoms with Crippen molar-refractivity contribution in [2.24, 2.45) is 0 Å². The van der Waals surface area contributed by atoms with Gasteiger partial charge in [0.15, 0.2) is 0 Å². The fourth-order valence-corrected chi connectivity index (χ4v) is 3.41. The Morgan fingerprint density at radius 1 is 1.53 bits per heavy atom. The van der Waals surface area contributed by atoms with Crippen molar-refractivity contribution in [3.8, 4) is 0 Å². The van der Waals surface area contributed by atoms with Gasteiger partial charge in [0.1, 0.15) is 5.82 Å². The first-order valence-corrected chi connectivity index (χ1v) is 8.19. The SMILES string of the molecule is CSCC(C)NS(=O)(=O)c1ccc(F)c(C(=O)O)c1. The smallest absolute Gasteiger partial charge is 0.338 e. The molecule has 0 saturated carbocycles. The quantitative estimate of drug-likeness (QED) is 0.833. The van der Waals surface area contributed by atoms with Gasteiger partial charge in [-0.1, -0.05) is 0 Å². The number of carboxylic acid groups (broad SMARTS) is 1. The lowest BCUT2D eigenvalue weighted by Crippen LogP contribution is -2.34. The van der Waals surface area contributed by atoms with Crippen molar-refractivity contribution in [1.29, 1.82) is 0 Å². The molecule has 106 valence electrons. The van der Waals surface area contributed by atoms with Gasteiger partial charge in [-0.05, 0) is 31.4 Å². The summed E-state index contributed by atoms with van der Waals surface area (Å²) >= 11 is 1.48. The number of hydrogen-bond acceptors (Lipinski definition) is 4. The molecule has 8 heteroatoms. The van der Waals surface area contributed by atoms with Crippen LogP contribution < -0.4 is 4.72 Å². The third kappa shape index (κ3) is 4.19. The van der Waals surface area contributed by atoms with Crippen LogP contribution in [0.15, 0.2) is 23.1 Å². The van der Waals surface area contributed by atoms with Gasteiger partial charge in [-0.15, -0.1) is 0 Å².